The number of likely N-dealkylation sites (N-methyl/N-ethyl adjacent to an activating group) is 1. The van der Waals surface area contributed by atoms with Crippen molar-refractivity contribution in [2.24, 2.45) is 0 Å². The largest absolute Gasteiger partial charge is 0.366 e. The molecule has 0 aliphatic carbocycles. The second kappa shape index (κ2) is 6.01. The van der Waals surface area contributed by atoms with E-state index in [1.807, 2.05) is 19.3 Å². The van der Waals surface area contributed by atoms with Crippen LogP contribution in [0.25, 0.3) is 5.57 Å². The Labute approximate surface area is 136 Å². The topological polar surface area (TPSA) is 53.1 Å². The molecular weight excluding hydrogens is 286 g/mol. The van der Waals surface area contributed by atoms with Gasteiger partial charge in [-0.15, -0.1) is 0 Å². The van der Waals surface area contributed by atoms with Gasteiger partial charge in [-0.25, -0.2) is 9.97 Å². The molecule has 5 heteroatoms. The average Bonchev–Trinajstić information content (AvgIpc) is 3.11. The Morgan fingerprint density at radius 3 is 3.09 bits per heavy atom. The summed E-state index contributed by atoms with van der Waals surface area (Å²) in [5.41, 5.74) is 3.31. The predicted octanol–water partition coefficient (Wildman–Crippen LogP) is 2.13. The van der Waals surface area contributed by atoms with Gasteiger partial charge < -0.3 is 15.5 Å². The molecule has 1 saturated heterocycles. The summed E-state index contributed by atoms with van der Waals surface area (Å²) in [5, 5.41) is 6.67. The highest BCUT2D eigenvalue weighted by molar-refractivity contribution is 5.86. The molecule has 2 aromatic rings. The number of aromatic nitrogens is 2. The molecule has 0 radical (unpaired) electrons. The Hall–Kier alpha value is -2.40. The third-order valence-corrected chi connectivity index (χ3v) is 4.60. The van der Waals surface area contributed by atoms with E-state index in [2.05, 4.69) is 50.9 Å². The zero-order chi connectivity index (χ0) is 15.6. The van der Waals surface area contributed by atoms with Gasteiger partial charge in [-0.05, 0) is 37.7 Å². The maximum atomic E-state index is 4.92. The highest BCUT2D eigenvalue weighted by atomic mass is 15.2. The van der Waals surface area contributed by atoms with Gasteiger partial charge in [-0.1, -0.05) is 12.1 Å². The minimum absolute atomic E-state index is 0.559. The first-order chi connectivity index (χ1) is 11.3. The van der Waals surface area contributed by atoms with E-state index in [-0.39, 0.29) is 0 Å². The first kappa shape index (κ1) is 14.2. The second-order valence-electron chi connectivity index (χ2n) is 6.00. The Morgan fingerprint density at radius 2 is 2.22 bits per heavy atom. The van der Waals surface area contributed by atoms with Gasteiger partial charge in [0.25, 0.3) is 0 Å². The van der Waals surface area contributed by atoms with Crippen LogP contribution in [0.3, 0.4) is 0 Å². The van der Waals surface area contributed by atoms with Crippen LogP contribution in [0.1, 0.15) is 17.7 Å². The number of hydrogen-bond acceptors (Lipinski definition) is 5. The van der Waals surface area contributed by atoms with Crippen molar-refractivity contribution in [3.63, 3.8) is 0 Å². The van der Waals surface area contributed by atoms with Crippen LogP contribution < -0.4 is 15.5 Å². The van der Waals surface area contributed by atoms with Crippen molar-refractivity contribution in [1.29, 1.82) is 0 Å². The van der Waals surface area contributed by atoms with E-state index in [1.54, 1.807) is 0 Å². The van der Waals surface area contributed by atoms with Crippen LogP contribution in [0.4, 0.5) is 11.6 Å². The summed E-state index contributed by atoms with van der Waals surface area (Å²) in [6, 6.07) is 10.9. The van der Waals surface area contributed by atoms with Gasteiger partial charge in [0, 0.05) is 43.0 Å². The maximum Gasteiger partial charge on any atom is 0.134 e. The molecule has 0 spiro atoms. The molecule has 0 bridgehead atoms. The lowest BCUT2D eigenvalue weighted by molar-refractivity contribution is 0.616. The third-order valence-electron chi connectivity index (χ3n) is 4.60. The molecule has 2 aliphatic rings. The van der Waals surface area contributed by atoms with Crippen molar-refractivity contribution < 1.29 is 0 Å². The molecule has 5 nitrogen and oxygen atoms in total. The Bertz CT molecular complexity index is 740. The van der Waals surface area contributed by atoms with Crippen LogP contribution in [0.15, 0.2) is 42.6 Å². The van der Waals surface area contributed by atoms with Crippen LogP contribution in [0.2, 0.25) is 0 Å². The van der Waals surface area contributed by atoms with E-state index in [0.29, 0.717) is 6.04 Å². The molecule has 2 aliphatic heterocycles. The molecule has 0 aromatic carbocycles. The van der Waals surface area contributed by atoms with Gasteiger partial charge in [0.05, 0.1) is 5.69 Å². The van der Waals surface area contributed by atoms with Crippen molar-refractivity contribution in [3.8, 4) is 0 Å². The summed E-state index contributed by atoms with van der Waals surface area (Å²) >= 11 is 0. The lowest BCUT2D eigenvalue weighted by Gasteiger charge is -2.21. The minimum atomic E-state index is 0.559. The van der Waals surface area contributed by atoms with Gasteiger partial charge in [-0.2, -0.15) is 0 Å². The van der Waals surface area contributed by atoms with Crippen LogP contribution in [-0.4, -0.2) is 42.7 Å². The molecule has 4 rings (SSSR count). The quantitative estimate of drug-likeness (QED) is 0.910. The number of hydrogen-bond donors (Lipinski definition) is 2. The molecule has 1 atom stereocenters. The van der Waals surface area contributed by atoms with Crippen LogP contribution in [0, 0.1) is 0 Å². The predicted molar refractivity (Wildman–Crippen MR) is 93.7 cm³/mol. The minimum Gasteiger partial charge on any atom is -0.366 e. The van der Waals surface area contributed by atoms with Crippen molar-refractivity contribution in [2.75, 3.05) is 36.9 Å². The molecule has 4 heterocycles. The zero-order valence-corrected chi connectivity index (χ0v) is 13.3. The fourth-order valence-corrected chi connectivity index (χ4v) is 3.32. The monoisotopic (exact) mass is 307 g/mol. The van der Waals surface area contributed by atoms with Crippen LogP contribution >= 0.6 is 0 Å². The van der Waals surface area contributed by atoms with Gasteiger partial charge >= 0.3 is 0 Å². The van der Waals surface area contributed by atoms with Crippen molar-refractivity contribution in [3.05, 3.63) is 53.9 Å². The van der Waals surface area contributed by atoms with Gasteiger partial charge in [-0.3, -0.25) is 0 Å². The Kier molecular flexibility index (Phi) is 3.71. The Balaban J connectivity index is 1.66. The van der Waals surface area contributed by atoms with Crippen LogP contribution in [-0.2, 0) is 0 Å². The fraction of sp³-hybridized carbons (Fsp3) is 0.333. The number of fused-ring (bicyclic) bond motifs is 1. The summed E-state index contributed by atoms with van der Waals surface area (Å²) in [4.78, 5) is 11.7. The highest BCUT2D eigenvalue weighted by Gasteiger charge is 2.23. The van der Waals surface area contributed by atoms with Crippen molar-refractivity contribution >= 4 is 17.2 Å². The number of anilines is 2. The number of nitrogens with one attached hydrogen (secondary N) is 2. The summed E-state index contributed by atoms with van der Waals surface area (Å²) in [6.07, 6.45) is 5.18. The van der Waals surface area contributed by atoms with Gasteiger partial charge in [0.1, 0.15) is 11.6 Å². The average molecular weight is 307 g/mol. The molecule has 1 fully saturated rings. The Morgan fingerprint density at radius 1 is 1.26 bits per heavy atom. The standard InChI is InChI=1S/C18H21N5/c1-19-13-8-11-23(12-13)17-6-2-5-16(22-17)14-7-10-21-18-15(14)4-3-9-20-18/h2-7,9,13,19H,8,10-12H2,1H3,(H,20,21). The molecule has 0 saturated carbocycles. The summed E-state index contributed by atoms with van der Waals surface area (Å²) in [7, 11) is 2.03. The molecule has 1 unspecified atom stereocenters. The van der Waals surface area contributed by atoms with Crippen LogP contribution in [0.5, 0.6) is 0 Å². The lowest BCUT2D eigenvalue weighted by atomic mass is 10.00. The maximum absolute atomic E-state index is 4.92. The molecule has 23 heavy (non-hydrogen) atoms. The summed E-state index contributed by atoms with van der Waals surface area (Å²) in [6.45, 7) is 2.86. The van der Waals surface area contributed by atoms with E-state index in [0.717, 1.165) is 48.1 Å². The van der Waals surface area contributed by atoms with Crippen molar-refractivity contribution in [1.82, 2.24) is 15.3 Å². The molecule has 2 aromatic heterocycles. The molecule has 0 amide bonds. The highest BCUT2D eigenvalue weighted by Crippen LogP contribution is 2.31. The third kappa shape index (κ3) is 2.68. The van der Waals surface area contributed by atoms with E-state index in [1.165, 1.54) is 6.42 Å². The summed E-state index contributed by atoms with van der Waals surface area (Å²) < 4.78 is 0. The fourth-order valence-electron chi connectivity index (χ4n) is 3.32. The first-order valence-corrected chi connectivity index (χ1v) is 8.14. The number of rotatable bonds is 3. The lowest BCUT2D eigenvalue weighted by Crippen LogP contribution is -2.29. The van der Waals surface area contributed by atoms with E-state index in [4.69, 9.17) is 4.98 Å². The van der Waals surface area contributed by atoms with Gasteiger partial charge in [0.2, 0.25) is 0 Å². The SMILES string of the molecule is CNC1CCN(c2cccc(C3=CCNc4ncccc43)n2)C1. The zero-order valence-electron chi connectivity index (χ0n) is 13.3. The molecule has 118 valence electrons. The normalized spacial score (nSPS) is 20.0. The number of nitrogens with zero attached hydrogens (tertiary/aromatic N) is 3. The molecular formula is C18H21N5. The smallest absolute Gasteiger partial charge is 0.134 e. The summed E-state index contributed by atoms with van der Waals surface area (Å²) in [5.74, 6) is 2.00. The van der Waals surface area contributed by atoms with E-state index < -0.39 is 0 Å². The number of pyridine rings is 2. The van der Waals surface area contributed by atoms with E-state index in [9.17, 15) is 0 Å². The van der Waals surface area contributed by atoms with E-state index >= 15 is 0 Å². The van der Waals surface area contributed by atoms with Gasteiger partial charge in [0.15, 0.2) is 0 Å². The second-order valence-corrected chi connectivity index (χ2v) is 6.00. The first-order valence-electron chi connectivity index (χ1n) is 8.14. The molecule has 2 N–H and O–H groups in total. The van der Waals surface area contributed by atoms with Crippen molar-refractivity contribution in [2.45, 2.75) is 12.5 Å².